The minimum Gasteiger partial charge on any atom is -0.490 e. The smallest absolute Gasteiger partial charge is 0.328 e. The molecule has 0 aliphatic carbocycles. The van der Waals surface area contributed by atoms with Gasteiger partial charge in [0.25, 0.3) is 0 Å². The van der Waals surface area contributed by atoms with E-state index in [0.717, 1.165) is 11.3 Å². The van der Waals surface area contributed by atoms with Crippen molar-refractivity contribution in [2.75, 3.05) is 23.4 Å². The molecular weight excluding hydrogens is 376 g/mol. The molecule has 1 aliphatic heterocycles. The van der Waals surface area contributed by atoms with Crippen LogP contribution in [0.15, 0.2) is 48.7 Å². The fourth-order valence-corrected chi connectivity index (χ4v) is 3.25. The second-order valence-corrected chi connectivity index (χ2v) is 6.58. The number of amides is 2. The molecule has 3 aromatic rings. The van der Waals surface area contributed by atoms with Crippen LogP contribution in [0, 0.1) is 11.6 Å². The summed E-state index contributed by atoms with van der Waals surface area (Å²) < 4.78 is 37.7. The summed E-state index contributed by atoms with van der Waals surface area (Å²) in [6, 6.07) is 9.25. The molecule has 2 amide bonds. The van der Waals surface area contributed by atoms with Crippen molar-refractivity contribution in [2.24, 2.45) is 0 Å². The lowest BCUT2D eigenvalue weighted by molar-refractivity contribution is 0.250. The zero-order valence-corrected chi connectivity index (χ0v) is 14.6. The fraction of sp³-hybridized carbons (Fsp3) is 0.111. The average molecular weight is 389 g/mol. The number of rotatable bonds is 3. The molecule has 9 heteroatoms. The van der Waals surface area contributed by atoms with Crippen LogP contribution in [0.2, 0.25) is 0 Å². The quantitative estimate of drug-likeness (QED) is 0.709. The highest BCUT2D eigenvalue weighted by Gasteiger charge is 2.25. The molecule has 6 nitrogen and oxygen atoms in total. The SMILES string of the molecule is O=C(Nc1ncc(Oc2cccc(F)c2)s1)N1CCOc2ccc(F)cc21. The van der Waals surface area contributed by atoms with Crippen LogP contribution in [-0.4, -0.2) is 24.2 Å². The van der Waals surface area contributed by atoms with Gasteiger partial charge in [0.1, 0.15) is 29.7 Å². The molecule has 0 spiro atoms. The van der Waals surface area contributed by atoms with Crippen molar-refractivity contribution in [3.8, 4) is 16.6 Å². The molecule has 2 aromatic carbocycles. The monoisotopic (exact) mass is 389 g/mol. The summed E-state index contributed by atoms with van der Waals surface area (Å²) in [6.45, 7) is 0.582. The number of carbonyl (C=O) groups excluding carboxylic acids is 1. The fourth-order valence-electron chi connectivity index (χ4n) is 2.57. The highest BCUT2D eigenvalue weighted by Crippen LogP contribution is 2.34. The number of halogens is 2. The van der Waals surface area contributed by atoms with E-state index >= 15 is 0 Å². The molecular formula is C18H13F2N3O3S. The van der Waals surface area contributed by atoms with Crippen LogP contribution < -0.4 is 19.7 Å². The first-order chi connectivity index (χ1) is 13.1. The molecule has 138 valence electrons. The number of benzene rings is 2. The van der Waals surface area contributed by atoms with E-state index in [2.05, 4.69) is 10.3 Å². The number of nitrogens with zero attached hydrogens (tertiary/aromatic N) is 2. The minimum atomic E-state index is -0.461. The molecule has 1 aliphatic rings. The summed E-state index contributed by atoms with van der Waals surface area (Å²) in [5, 5.41) is 3.35. The third-order valence-corrected chi connectivity index (χ3v) is 4.53. The summed E-state index contributed by atoms with van der Waals surface area (Å²) in [5.74, 6) is -0.109. The third kappa shape index (κ3) is 3.82. The number of hydrogen-bond donors (Lipinski definition) is 1. The first kappa shape index (κ1) is 17.2. The predicted molar refractivity (Wildman–Crippen MR) is 96.8 cm³/mol. The number of thiazole rings is 1. The number of hydrogen-bond acceptors (Lipinski definition) is 5. The molecule has 0 bridgehead atoms. The van der Waals surface area contributed by atoms with Crippen LogP contribution in [0.4, 0.5) is 24.4 Å². The molecule has 0 saturated carbocycles. The number of anilines is 2. The highest BCUT2D eigenvalue weighted by molar-refractivity contribution is 7.17. The first-order valence-corrected chi connectivity index (χ1v) is 8.80. The van der Waals surface area contributed by atoms with Gasteiger partial charge in [0.05, 0.1) is 18.4 Å². The summed E-state index contributed by atoms with van der Waals surface area (Å²) in [7, 11) is 0. The maximum absolute atomic E-state index is 13.5. The second kappa shape index (κ2) is 7.20. The Kier molecular flexibility index (Phi) is 4.59. The predicted octanol–water partition coefficient (Wildman–Crippen LogP) is 4.64. The topological polar surface area (TPSA) is 63.7 Å². The van der Waals surface area contributed by atoms with Gasteiger partial charge in [0, 0.05) is 12.1 Å². The summed E-state index contributed by atoms with van der Waals surface area (Å²) >= 11 is 1.09. The highest BCUT2D eigenvalue weighted by atomic mass is 32.1. The number of ether oxygens (including phenoxy) is 2. The van der Waals surface area contributed by atoms with Gasteiger partial charge in [-0.05, 0) is 24.3 Å². The molecule has 1 aromatic heterocycles. The molecule has 0 fully saturated rings. The van der Waals surface area contributed by atoms with E-state index in [9.17, 15) is 13.6 Å². The summed E-state index contributed by atoms with van der Waals surface area (Å²) in [6.07, 6.45) is 1.43. The van der Waals surface area contributed by atoms with Gasteiger partial charge >= 0.3 is 6.03 Å². The van der Waals surface area contributed by atoms with Crippen LogP contribution in [-0.2, 0) is 0 Å². The van der Waals surface area contributed by atoms with Gasteiger partial charge in [-0.1, -0.05) is 17.4 Å². The molecule has 4 rings (SSSR count). The Labute approximate surface area is 157 Å². The van der Waals surface area contributed by atoms with Crippen LogP contribution >= 0.6 is 11.3 Å². The number of aromatic nitrogens is 1. The van der Waals surface area contributed by atoms with E-state index in [4.69, 9.17) is 9.47 Å². The Bertz CT molecular complexity index is 995. The minimum absolute atomic E-state index is 0.278. The zero-order valence-electron chi connectivity index (χ0n) is 13.8. The number of fused-ring (bicyclic) bond motifs is 1. The molecule has 0 atom stereocenters. The molecule has 0 radical (unpaired) electrons. The zero-order chi connectivity index (χ0) is 18.8. The van der Waals surface area contributed by atoms with E-state index in [0.29, 0.717) is 34.0 Å². The van der Waals surface area contributed by atoms with Crippen molar-refractivity contribution in [1.29, 1.82) is 0 Å². The van der Waals surface area contributed by atoms with Gasteiger partial charge in [-0.15, -0.1) is 0 Å². The number of urea groups is 1. The Balaban J connectivity index is 1.47. The molecule has 1 N–H and O–H groups in total. The lowest BCUT2D eigenvalue weighted by atomic mass is 10.2. The van der Waals surface area contributed by atoms with E-state index in [1.165, 1.54) is 47.5 Å². The number of carbonyl (C=O) groups is 1. The normalized spacial score (nSPS) is 12.9. The van der Waals surface area contributed by atoms with Gasteiger partial charge in [-0.2, -0.15) is 0 Å². The van der Waals surface area contributed by atoms with Gasteiger partial charge in [0.15, 0.2) is 5.13 Å². The van der Waals surface area contributed by atoms with Crippen LogP contribution in [0.25, 0.3) is 0 Å². The maximum Gasteiger partial charge on any atom is 0.328 e. The van der Waals surface area contributed by atoms with Crippen molar-refractivity contribution < 1.29 is 23.0 Å². The van der Waals surface area contributed by atoms with Gasteiger partial charge < -0.3 is 9.47 Å². The standard InChI is InChI=1S/C18H13F2N3O3S/c19-11-2-1-3-13(8-11)26-16-10-21-17(27-16)22-18(24)23-6-7-25-15-5-4-12(20)9-14(15)23/h1-5,8-10H,6-7H2,(H,21,22,24). The Morgan fingerprint density at radius 1 is 1.22 bits per heavy atom. The van der Waals surface area contributed by atoms with E-state index in [-0.39, 0.29) is 6.54 Å². The molecule has 2 heterocycles. The second-order valence-electron chi connectivity index (χ2n) is 5.59. The Morgan fingerprint density at radius 2 is 2.07 bits per heavy atom. The van der Waals surface area contributed by atoms with Crippen LogP contribution in [0.1, 0.15) is 0 Å². The first-order valence-electron chi connectivity index (χ1n) is 7.98. The van der Waals surface area contributed by atoms with Crippen molar-refractivity contribution in [2.45, 2.75) is 0 Å². The van der Waals surface area contributed by atoms with Gasteiger partial charge in [-0.25, -0.2) is 18.6 Å². The summed E-state index contributed by atoms with van der Waals surface area (Å²) in [4.78, 5) is 18.0. The van der Waals surface area contributed by atoms with Gasteiger partial charge in [-0.3, -0.25) is 10.2 Å². The molecule has 0 unspecified atom stereocenters. The van der Waals surface area contributed by atoms with Crippen molar-refractivity contribution >= 4 is 28.2 Å². The maximum atomic E-state index is 13.5. The van der Waals surface area contributed by atoms with Crippen LogP contribution in [0.3, 0.4) is 0 Å². The Hall–Kier alpha value is -3.20. The largest absolute Gasteiger partial charge is 0.490 e. The summed E-state index contributed by atoms with van der Waals surface area (Å²) in [5.41, 5.74) is 0.353. The average Bonchev–Trinajstić information content (AvgIpc) is 3.07. The number of nitrogens with one attached hydrogen (secondary N) is 1. The lowest BCUT2D eigenvalue weighted by Gasteiger charge is -2.29. The lowest BCUT2D eigenvalue weighted by Crippen LogP contribution is -2.40. The molecule has 0 saturated heterocycles. The van der Waals surface area contributed by atoms with Crippen molar-refractivity contribution in [3.63, 3.8) is 0 Å². The van der Waals surface area contributed by atoms with Crippen molar-refractivity contribution in [3.05, 3.63) is 60.3 Å². The molecule has 27 heavy (non-hydrogen) atoms. The van der Waals surface area contributed by atoms with E-state index in [1.54, 1.807) is 6.07 Å². The third-order valence-electron chi connectivity index (χ3n) is 3.74. The Morgan fingerprint density at radius 3 is 2.93 bits per heavy atom. The van der Waals surface area contributed by atoms with Crippen molar-refractivity contribution in [1.82, 2.24) is 4.98 Å². The van der Waals surface area contributed by atoms with E-state index in [1.807, 2.05) is 0 Å². The van der Waals surface area contributed by atoms with Gasteiger partial charge in [0.2, 0.25) is 5.06 Å². The van der Waals surface area contributed by atoms with Crippen LogP contribution in [0.5, 0.6) is 16.6 Å². The van der Waals surface area contributed by atoms with E-state index < -0.39 is 17.7 Å².